The van der Waals surface area contributed by atoms with Crippen molar-refractivity contribution in [2.24, 2.45) is 0 Å². The van der Waals surface area contributed by atoms with Crippen LogP contribution < -0.4 is 5.32 Å². The molecule has 0 aliphatic rings. The van der Waals surface area contributed by atoms with E-state index in [9.17, 15) is 13.6 Å². The summed E-state index contributed by atoms with van der Waals surface area (Å²) < 4.78 is 28.2. The quantitative estimate of drug-likeness (QED) is 0.663. The Morgan fingerprint density at radius 1 is 1.12 bits per heavy atom. The SMILES string of the molecule is CCn1c(SCC(=O)Nc2ccc(F)cc2)nnc1-c1cccc(F)c1. The lowest BCUT2D eigenvalue weighted by molar-refractivity contribution is -0.113. The summed E-state index contributed by atoms with van der Waals surface area (Å²) in [7, 11) is 0. The molecule has 1 aromatic heterocycles. The van der Waals surface area contributed by atoms with Gasteiger partial charge in [-0.15, -0.1) is 10.2 Å². The fourth-order valence-corrected chi connectivity index (χ4v) is 3.18. The van der Waals surface area contributed by atoms with E-state index in [1.54, 1.807) is 12.1 Å². The zero-order valence-electron chi connectivity index (χ0n) is 13.9. The molecule has 1 heterocycles. The van der Waals surface area contributed by atoms with Gasteiger partial charge in [-0.25, -0.2) is 8.78 Å². The molecule has 3 rings (SSSR count). The van der Waals surface area contributed by atoms with Gasteiger partial charge in [0, 0.05) is 17.8 Å². The number of hydrogen-bond donors (Lipinski definition) is 1. The number of anilines is 1. The highest BCUT2D eigenvalue weighted by molar-refractivity contribution is 7.99. The zero-order chi connectivity index (χ0) is 18.5. The largest absolute Gasteiger partial charge is 0.325 e. The molecule has 0 saturated carbocycles. The third kappa shape index (κ3) is 4.26. The number of nitrogens with one attached hydrogen (secondary N) is 1. The van der Waals surface area contributed by atoms with E-state index in [1.165, 1.54) is 48.2 Å². The van der Waals surface area contributed by atoms with E-state index in [4.69, 9.17) is 0 Å². The van der Waals surface area contributed by atoms with Crippen molar-refractivity contribution in [3.63, 3.8) is 0 Å². The number of rotatable bonds is 6. The van der Waals surface area contributed by atoms with Crippen LogP contribution in [0.5, 0.6) is 0 Å². The van der Waals surface area contributed by atoms with Gasteiger partial charge in [0.25, 0.3) is 0 Å². The minimum Gasteiger partial charge on any atom is -0.325 e. The summed E-state index contributed by atoms with van der Waals surface area (Å²) in [4.78, 5) is 12.1. The van der Waals surface area contributed by atoms with Crippen molar-refractivity contribution in [3.8, 4) is 11.4 Å². The molecule has 0 bridgehead atoms. The molecule has 0 radical (unpaired) electrons. The first-order valence-electron chi connectivity index (χ1n) is 7.94. The Morgan fingerprint density at radius 2 is 1.88 bits per heavy atom. The summed E-state index contributed by atoms with van der Waals surface area (Å²) in [6, 6.07) is 11.7. The molecule has 0 unspecified atom stereocenters. The number of halogens is 2. The molecule has 134 valence electrons. The molecule has 1 amide bonds. The minimum atomic E-state index is -0.363. The molecule has 26 heavy (non-hydrogen) atoms. The number of aromatic nitrogens is 3. The molecule has 0 spiro atoms. The molecule has 0 aliphatic carbocycles. The van der Waals surface area contributed by atoms with Gasteiger partial charge in [0.2, 0.25) is 5.91 Å². The van der Waals surface area contributed by atoms with Crippen LogP contribution in [0.2, 0.25) is 0 Å². The van der Waals surface area contributed by atoms with Crippen LogP contribution in [0.15, 0.2) is 53.7 Å². The lowest BCUT2D eigenvalue weighted by atomic mass is 10.2. The number of carbonyl (C=O) groups excluding carboxylic acids is 1. The number of amides is 1. The van der Waals surface area contributed by atoms with E-state index in [-0.39, 0.29) is 23.3 Å². The molecular formula is C18H16F2N4OS. The zero-order valence-corrected chi connectivity index (χ0v) is 14.8. The van der Waals surface area contributed by atoms with Crippen molar-refractivity contribution in [3.05, 3.63) is 60.2 Å². The molecule has 3 aromatic rings. The number of nitrogens with zero attached hydrogens (tertiary/aromatic N) is 3. The van der Waals surface area contributed by atoms with Crippen LogP contribution in [-0.2, 0) is 11.3 Å². The standard InChI is InChI=1S/C18H16F2N4OS/c1-2-24-17(12-4-3-5-14(20)10-12)22-23-18(24)26-11-16(25)21-15-8-6-13(19)7-9-15/h3-10H,2,11H2,1H3,(H,21,25). The summed E-state index contributed by atoms with van der Waals surface area (Å²) in [5, 5.41) is 11.5. The van der Waals surface area contributed by atoms with E-state index >= 15 is 0 Å². The Labute approximate surface area is 153 Å². The average molecular weight is 374 g/mol. The third-order valence-corrected chi connectivity index (χ3v) is 4.54. The van der Waals surface area contributed by atoms with Crippen molar-refractivity contribution < 1.29 is 13.6 Å². The molecule has 2 aromatic carbocycles. The maximum Gasteiger partial charge on any atom is 0.234 e. The Balaban J connectivity index is 1.68. The van der Waals surface area contributed by atoms with Crippen molar-refractivity contribution in [2.45, 2.75) is 18.6 Å². The van der Waals surface area contributed by atoms with Gasteiger partial charge in [0.15, 0.2) is 11.0 Å². The summed E-state index contributed by atoms with van der Waals surface area (Å²) in [6.07, 6.45) is 0. The van der Waals surface area contributed by atoms with Gasteiger partial charge in [0.05, 0.1) is 5.75 Å². The van der Waals surface area contributed by atoms with Crippen LogP contribution >= 0.6 is 11.8 Å². The number of carbonyl (C=O) groups is 1. The van der Waals surface area contributed by atoms with E-state index in [1.807, 2.05) is 11.5 Å². The molecule has 5 nitrogen and oxygen atoms in total. The molecule has 0 aliphatic heterocycles. The number of benzene rings is 2. The first kappa shape index (κ1) is 18.1. The predicted octanol–water partition coefficient (Wildman–Crippen LogP) is 3.97. The summed E-state index contributed by atoms with van der Waals surface area (Å²) in [5.41, 5.74) is 1.15. The van der Waals surface area contributed by atoms with E-state index in [2.05, 4.69) is 15.5 Å². The van der Waals surface area contributed by atoms with Gasteiger partial charge in [-0.3, -0.25) is 4.79 Å². The van der Waals surface area contributed by atoms with E-state index in [0.29, 0.717) is 28.8 Å². The number of hydrogen-bond acceptors (Lipinski definition) is 4. The first-order chi connectivity index (χ1) is 12.6. The number of thioether (sulfide) groups is 1. The van der Waals surface area contributed by atoms with Gasteiger partial charge in [-0.1, -0.05) is 23.9 Å². The average Bonchev–Trinajstić information content (AvgIpc) is 3.05. The highest BCUT2D eigenvalue weighted by Crippen LogP contribution is 2.24. The van der Waals surface area contributed by atoms with Gasteiger partial charge >= 0.3 is 0 Å². The van der Waals surface area contributed by atoms with Crippen LogP contribution in [0.4, 0.5) is 14.5 Å². The van der Waals surface area contributed by atoms with Gasteiger partial charge < -0.3 is 9.88 Å². The van der Waals surface area contributed by atoms with E-state index in [0.717, 1.165) is 0 Å². The molecule has 8 heteroatoms. The Morgan fingerprint density at radius 3 is 2.58 bits per heavy atom. The maximum atomic E-state index is 13.4. The van der Waals surface area contributed by atoms with Crippen LogP contribution in [0.1, 0.15) is 6.92 Å². The summed E-state index contributed by atoms with van der Waals surface area (Å²) in [5.74, 6) is -0.272. The van der Waals surface area contributed by atoms with Crippen LogP contribution in [0.25, 0.3) is 11.4 Å². The van der Waals surface area contributed by atoms with Crippen molar-refractivity contribution in [1.82, 2.24) is 14.8 Å². The van der Waals surface area contributed by atoms with Crippen LogP contribution in [0.3, 0.4) is 0 Å². The van der Waals surface area contributed by atoms with Gasteiger partial charge in [-0.2, -0.15) is 0 Å². The summed E-state index contributed by atoms with van der Waals surface area (Å²) >= 11 is 1.23. The Hall–Kier alpha value is -2.74. The van der Waals surface area contributed by atoms with Crippen LogP contribution in [0, 0.1) is 11.6 Å². The fourth-order valence-electron chi connectivity index (χ4n) is 2.38. The topological polar surface area (TPSA) is 59.8 Å². The van der Waals surface area contributed by atoms with Gasteiger partial charge in [-0.05, 0) is 43.3 Å². The lowest BCUT2D eigenvalue weighted by Crippen LogP contribution is -2.14. The summed E-state index contributed by atoms with van der Waals surface area (Å²) in [6.45, 7) is 2.51. The van der Waals surface area contributed by atoms with Crippen molar-refractivity contribution in [1.29, 1.82) is 0 Å². The van der Waals surface area contributed by atoms with Crippen molar-refractivity contribution >= 4 is 23.4 Å². The molecule has 1 N–H and O–H groups in total. The highest BCUT2D eigenvalue weighted by atomic mass is 32.2. The molecular weight excluding hydrogens is 358 g/mol. The Bertz CT molecular complexity index is 912. The first-order valence-corrected chi connectivity index (χ1v) is 8.92. The fraction of sp³-hybridized carbons (Fsp3) is 0.167. The molecule has 0 atom stereocenters. The smallest absolute Gasteiger partial charge is 0.234 e. The maximum absolute atomic E-state index is 13.4. The van der Waals surface area contributed by atoms with Crippen LogP contribution in [-0.4, -0.2) is 26.4 Å². The Kier molecular flexibility index (Phi) is 5.62. The van der Waals surface area contributed by atoms with Crippen molar-refractivity contribution in [2.75, 3.05) is 11.1 Å². The lowest BCUT2D eigenvalue weighted by Gasteiger charge is -2.08. The monoisotopic (exact) mass is 374 g/mol. The minimum absolute atomic E-state index is 0.124. The third-order valence-electron chi connectivity index (χ3n) is 3.58. The molecule has 0 fully saturated rings. The predicted molar refractivity (Wildman–Crippen MR) is 96.8 cm³/mol. The van der Waals surface area contributed by atoms with E-state index < -0.39 is 0 Å². The second-order valence-corrected chi connectivity index (χ2v) is 6.35. The second kappa shape index (κ2) is 8.09. The van der Waals surface area contributed by atoms with Gasteiger partial charge in [0.1, 0.15) is 11.6 Å². The normalized spacial score (nSPS) is 10.7. The second-order valence-electron chi connectivity index (χ2n) is 5.40. The molecule has 0 saturated heterocycles. The highest BCUT2D eigenvalue weighted by Gasteiger charge is 2.15.